The molecule has 1 saturated heterocycles. The molecule has 70 valence electrons. The Morgan fingerprint density at radius 3 is 2.00 bits per heavy atom. The summed E-state index contributed by atoms with van der Waals surface area (Å²) >= 11 is 0. The SMILES string of the molecule is CC(C)(C)N1CC(=O)CC1(C)C. The van der Waals surface area contributed by atoms with Crippen molar-refractivity contribution in [3.8, 4) is 0 Å². The monoisotopic (exact) mass is 169 g/mol. The fraction of sp³-hybridized carbons (Fsp3) is 0.900. The first-order chi connectivity index (χ1) is 5.23. The molecule has 0 saturated carbocycles. The minimum Gasteiger partial charge on any atom is -0.298 e. The number of carbonyl (C=O) groups excluding carboxylic acids is 1. The zero-order valence-electron chi connectivity index (χ0n) is 8.77. The highest BCUT2D eigenvalue weighted by Crippen LogP contribution is 2.32. The summed E-state index contributed by atoms with van der Waals surface area (Å²) in [5.41, 5.74) is 0.158. The van der Waals surface area contributed by atoms with Gasteiger partial charge in [0.25, 0.3) is 0 Å². The minimum atomic E-state index is 0.0509. The molecule has 0 aliphatic carbocycles. The zero-order chi connectivity index (χ0) is 9.57. The number of nitrogens with zero attached hydrogens (tertiary/aromatic N) is 1. The molecule has 0 aromatic rings. The van der Waals surface area contributed by atoms with Crippen LogP contribution >= 0.6 is 0 Å². The molecule has 0 unspecified atom stereocenters. The highest BCUT2D eigenvalue weighted by Gasteiger charge is 2.42. The lowest BCUT2D eigenvalue weighted by atomic mass is 9.96. The van der Waals surface area contributed by atoms with E-state index in [4.69, 9.17) is 0 Å². The topological polar surface area (TPSA) is 20.3 Å². The van der Waals surface area contributed by atoms with Crippen molar-refractivity contribution in [1.29, 1.82) is 0 Å². The van der Waals surface area contributed by atoms with Gasteiger partial charge in [-0.15, -0.1) is 0 Å². The van der Waals surface area contributed by atoms with Crippen molar-refractivity contribution in [3.05, 3.63) is 0 Å². The number of likely N-dealkylation sites (tertiary alicyclic amines) is 1. The minimum absolute atomic E-state index is 0.0509. The Kier molecular flexibility index (Phi) is 2.07. The molecule has 0 radical (unpaired) electrons. The highest BCUT2D eigenvalue weighted by molar-refractivity contribution is 5.84. The van der Waals surface area contributed by atoms with Crippen molar-refractivity contribution in [2.24, 2.45) is 0 Å². The van der Waals surface area contributed by atoms with E-state index in [1.54, 1.807) is 0 Å². The van der Waals surface area contributed by atoms with Crippen molar-refractivity contribution in [3.63, 3.8) is 0 Å². The Balaban J connectivity index is 2.86. The molecular weight excluding hydrogens is 150 g/mol. The molecule has 1 fully saturated rings. The van der Waals surface area contributed by atoms with Gasteiger partial charge in [0.2, 0.25) is 0 Å². The Hall–Kier alpha value is -0.370. The van der Waals surface area contributed by atoms with Gasteiger partial charge in [0.1, 0.15) is 5.78 Å². The molecule has 0 amide bonds. The van der Waals surface area contributed by atoms with Gasteiger partial charge in [-0.1, -0.05) is 0 Å². The quantitative estimate of drug-likeness (QED) is 0.551. The molecule has 0 N–H and O–H groups in total. The maximum atomic E-state index is 11.3. The molecule has 0 atom stereocenters. The van der Waals surface area contributed by atoms with Crippen LogP contribution in [0.2, 0.25) is 0 Å². The molecule has 1 heterocycles. The average molecular weight is 169 g/mol. The number of carbonyl (C=O) groups is 1. The highest BCUT2D eigenvalue weighted by atomic mass is 16.1. The summed E-state index contributed by atoms with van der Waals surface area (Å²) < 4.78 is 0. The molecule has 0 spiro atoms. The molecule has 2 nitrogen and oxygen atoms in total. The van der Waals surface area contributed by atoms with Crippen molar-refractivity contribution < 1.29 is 4.79 Å². The van der Waals surface area contributed by atoms with E-state index in [0.29, 0.717) is 18.7 Å². The van der Waals surface area contributed by atoms with Crippen molar-refractivity contribution in [2.75, 3.05) is 6.54 Å². The summed E-state index contributed by atoms with van der Waals surface area (Å²) in [4.78, 5) is 13.6. The first-order valence-corrected chi connectivity index (χ1v) is 4.53. The molecular formula is C10H19NO. The number of hydrogen-bond donors (Lipinski definition) is 0. The fourth-order valence-electron chi connectivity index (χ4n) is 2.17. The molecule has 1 rings (SSSR count). The zero-order valence-corrected chi connectivity index (χ0v) is 8.77. The van der Waals surface area contributed by atoms with Gasteiger partial charge in [0, 0.05) is 17.5 Å². The van der Waals surface area contributed by atoms with Crippen LogP contribution in [0.15, 0.2) is 0 Å². The van der Waals surface area contributed by atoms with Crippen LogP contribution in [0.25, 0.3) is 0 Å². The fourth-order valence-corrected chi connectivity index (χ4v) is 2.17. The molecule has 0 bridgehead atoms. The second kappa shape index (κ2) is 2.56. The van der Waals surface area contributed by atoms with Gasteiger partial charge in [-0.2, -0.15) is 0 Å². The summed E-state index contributed by atoms with van der Waals surface area (Å²) in [6.45, 7) is 11.4. The second-order valence-corrected chi connectivity index (χ2v) is 5.28. The number of Topliss-reactive ketones (excluding diaryl/α,β-unsaturated/α-hetero) is 1. The molecule has 0 aromatic carbocycles. The third-order valence-corrected chi connectivity index (χ3v) is 2.50. The van der Waals surface area contributed by atoms with E-state index in [0.717, 1.165) is 0 Å². The second-order valence-electron chi connectivity index (χ2n) is 5.28. The van der Waals surface area contributed by atoms with Crippen molar-refractivity contribution >= 4 is 5.78 Å². The van der Waals surface area contributed by atoms with E-state index in [9.17, 15) is 4.79 Å². The van der Waals surface area contributed by atoms with E-state index in [-0.39, 0.29) is 11.1 Å². The lowest BCUT2D eigenvalue weighted by Crippen LogP contribution is -2.50. The molecule has 12 heavy (non-hydrogen) atoms. The van der Waals surface area contributed by atoms with Gasteiger partial charge in [-0.3, -0.25) is 9.69 Å². The van der Waals surface area contributed by atoms with Gasteiger partial charge in [-0.05, 0) is 34.6 Å². The van der Waals surface area contributed by atoms with Gasteiger partial charge in [0.15, 0.2) is 0 Å². The van der Waals surface area contributed by atoms with Crippen LogP contribution in [0.1, 0.15) is 41.0 Å². The summed E-state index contributed by atoms with van der Waals surface area (Å²) in [6.07, 6.45) is 0.699. The van der Waals surface area contributed by atoms with Crippen molar-refractivity contribution in [1.82, 2.24) is 4.90 Å². The smallest absolute Gasteiger partial charge is 0.148 e. The largest absolute Gasteiger partial charge is 0.298 e. The summed E-state index contributed by atoms with van der Waals surface area (Å²) in [7, 11) is 0. The number of hydrogen-bond acceptors (Lipinski definition) is 2. The van der Waals surface area contributed by atoms with E-state index in [2.05, 4.69) is 39.5 Å². The van der Waals surface area contributed by atoms with E-state index >= 15 is 0 Å². The number of ketones is 1. The van der Waals surface area contributed by atoms with E-state index < -0.39 is 0 Å². The first-order valence-electron chi connectivity index (χ1n) is 4.53. The lowest BCUT2D eigenvalue weighted by molar-refractivity contribution is -0.117. The predicted octanol–water partition coefficient (Wildman–Crippen LogP) is 1.84. The van der Waals surface area contributed by atoms with E-state index in [1.807, 2.05) is 0 Å². The van der Waals surface area contributed by atoms with Crippen LogP contribution in [-0.2, 0) is 4.79 Å². The standard InChI is InChI=1S/C10H19NO/c1-9(2,3)11-7-8(12)6-10(11,4)5/h6-7H2,1-5H3. The Morgan fingerprint density at radius 1 is 1.33 bits per heavy atom. The van der Waals surface area contributed by atoms with Gasteiger partial charge < -0.3 is 0 Å². The van der Waals surface area contributed by atoms with Crippen LogP contribution < -0.4 is 0 Å². The summed E-state index contributed by atoms with van der Waals surface area (Å²) in [5, 5.41) is 0. The molecule has 1 aliphatic heterocycles. The average Bonchev–Trinajstić information content (AvgIpc) is 2.02. The lowest BCUT2D eigenvalue weighted by Gasteiger charge is -2.41. The Bertz CT molecular complexity index is 200. The third kappa shape index (κ3) is 1.69. The molecule has 0 aromatic heterocycles. The van der Waals surface area contributed by atoms with Gasteiger partial charge in [-0.25, -0.2) is 0 Å². The maximum Gasteiger partial charge on any atom is 0.148 e. The Morgan fingerprint density at radius 2 is 1.83 bits per heavy atom. The normalized spacial score (nSPS) is 24.9. The predicted molar refractivity (Wildman–Crippen MR) is 50.2 cm³/mol. The first kappa shape index (κ1) is 9.72. The van der Waals surface area contributed by atoms with Crippen LogP contribution in [0, 0.1) is 0 Å². The molecule has 2 heteroatoms. The maximum absolute atomic E-state index is 11.3. The summed E-state index contributed by atoms with van der Waals surface area (Å²) in [6, 6.07) is 0. The number of rotatable bonds is 0. The Labute approximate surface area is 74.9 Å². The van der Waals surface area contributed by atoms with Crippen LogP contribution in [0.3, 0.4) is 0 Å². The van der Waals surface area contributed by atoms with Gasteiger partial charge in [0.05, 0.1) is 6.54 Å². The van der Waals surface area contributed by atoms with Crippen LogP contribution in [0.4, 0.5) is 0 Å². The van der Waals surface area contributed by atoms with E-state index in [1.165, 1.54) is 0 Å². The van der Waals surface area contributed by atoms with Crippen LogP contribution in [0.5, 0.6) is 0 Å². The summed E-state index contributed by atoms with van der Waals surface area (Å²) in [5.74, 6) is 0.370. The van der Waals surface area contributed by atoms with Crippen LogP contribution in [-0.4, -0.2) is 28.3 Å². The van der Waals surface area contributed by atoms with Crippen molar-refractivity contribution in [2.45, 2.75) is 52.1 Å². The molecule has 1 aliphatic rings. The third-order valence-electron chi connectivity index (χ3n) is 2.50. The van der Waals surface area contributed by atoms with Gasteiger partial charge >= 0.3 is 0 Å².